The van der Waals surface area contributed by atoms with Crippen LogP contribution in [0.3, 0.4) is 0 Å². The van der Waals surface area contributed by atoms with Gasteiger partial charge in [-0.3, -0.25) is 0 Å². The van der Waals surface area contributed by atoms with Crippen LogP contribution < -0.4 is 4.74 Å². The minimum Gasteiger partial charge on any atom is -0.491 e. The largest absolute Gasteiger partial charge is 0.491 e. The van der Waals surface area contributed by atoms with E-state index < -0.39 is 21.2 Å². The molecule has 2 aromatic rings. The Kier molecular flexibility index (Phi) is 6.02. The molecule has 130 valence electrons. The molecule has 0 spiro atoms. The van der Waals surface area contributed by atoms with Gasteiger partial charge in [0.25, 0.3) is 0 Å². The standard InChI is InChI=1S/C19H24O4S/c1-14-9-10-19(15(2)11-14)23-12-18(20)13-24(21,22)16(3)17-7-5-4-6-8-17/h4-11,16,18,20H,12-13H2,1-3H3. The Hall–Kier alpha value is -1.85. The van der Waals surface area contributed by atoms with Crippen molar-refractivity contribution < 1.29 is 18.3 Å². The first kappa shape index (κ1) is 18.5. The first-order chi connectivity index (χ1) is 11.3. The Balaban J connectivity index is 1.97. The lowest BCUT2D eigenvalue weighted by Gasteiger charge is -2.18. The van der Waals surface area contributed by atoms with Crippen molar-refractivity contribution >= 4 is 9.84 Å². The zero-order valence-corrected chi connectivity index (χ0v) is 15.1. The van der Waals surface area contributed by atoms with E-state index in [4.69, 9.17) is 4.74 Å². The fraction of sp³-hybridized carbons (Fsp3) is 0.368. The smallest absolute Gasteiger partial charge is 0.159 e. The van der Waals surface area contributed by atoms with Gasteiger partial charge in [-0.1, -0.05) is 48.0 Å². The molecule has 24 heavy (non-hydrogen) atoms. The van der Waals surface area contributed by atoms with E-state index in [0.29, 0.717) is 5.75 Å². The van der Waals surface area contributed by atoms with Crippen LogP contribution in [0.15, 0.2) is 48.5 Å². The van der Waals surface area contributed by atoms with Crippen LogP contribution in [0.1, 0.15) is 28.9 Å². The second kappa shape index (κ2) is 7.81. The molecule has 2 unspecified atom stereocenters. The number of aliphatic hydroxyl groups is 1. The van der Waals surface area contributed by atoms with E-state index in [0.717, 1.165) is 16.7 Å². The average Bonchev–Trinajstić information content (AvgIpc) is 2.53. The summed E-state index contributed by atoms with van der Waals surface area (Å²) in [4.78, 5) is 0. The molecule has 0 saturated heterocycles. The number of benzene rings is 2. The normalized spacial score (nSPS) is 14.2. The van der Waals surface area contributed by atoms with Crippen molar-refractivity contribution in [1.82, 2.24) is 0 Å². The summed E-state index contributed by atoms with van der Waals surface area (Å²) in [5.74, 6) is 0.335. The van der Waals surface area contributed by atoms with Crippen LogP contribution in [0, 0.1) is 13.8 Å². The van der Waals surface area contributed by atoms with Crippen molar-refractivity contribution in [3.63, 3.8) is 0 Å². The molecule has 0 aliphatic rings. The molecular weight excluding hydrogens is 324 g/mol. The van der Waals surface area contributed by atoms with Gasteiger partial charge < -0.3 is 9.84 Å². The Bertz CT molecular complexity index is 769. The van der Waals surface area contributed by atoms with Crippen LogP contribution in [-0.2, 0) is 9.84 Å². The van der Waals surface area contributed by atoms with E-state index in [1.54, 1.807) is 31.2 Å². The van der Waals surface area contributed by atoms with Gasteiger partial charge in [0.15, 0.2) is 9.84 Å². The van der Waals surface area contributed by atoms with Crippen LogP contribution in [0.2, 0.25) is 0 Å². The summed E-state index contributed by atoms with van der Waals surface area (Å²) < 4.78 is 30.5. The highest BCUT2D eigenvalue weighted by Crippen LogP contribution is 2.23. The van der Waals surface area contributed by atoms with E-state index in [9.17, 15) is 13.5 Å². The molecule has 0 radical (unpaired) electrons. The molecule has 0 aromatic heterocycles. The highest BCUT2D eigenvalue weighted by atomic mass is 32.2. The number of hydrogen-bond acceptors (Lipinski definition) is 4. The molecule has 2 atom stereocenters. The summed E-state index contributed by atoms with van der Waals surface area (Å²) in [5, 5.41) is 9.43. The van der Waals surface area contributed by atoms with E-state index in [-0.39, 0.29) is 12.4 Å². The van der Waals surface area contributed by atoms with Crippen LogP contribution in [-0.4, -0.2) is 32.0 Å². The fourth-order valence-electron chi connectivity index (χ4n) is 2.54. The minimum atomic E-state index is -3.46. The molecule has 1 N–H and O–H groups in total. The number of aliphatic hydroxyl groups excluding tert-OH is 1. The number of hydrogen-bond donors (Lipinski definition) is 1. The predicted octanol–water partition coefficient (Wildman–Crippen LogP) is 3.22. The summed E-state index contributed by atoms with van der Waals surface area (Å²) >= 11 is 0. The molecule has 2 rings (SSSR count). The summed E-state index contributed by atoms with van der Waals surface area (Å²) in [6.45, 7) is 5.50. The van der Waals surface area contributed by atoms with Gasteiger partial charge in [-0.15, -0.1) is 0 Å². The molecule has 0 heterocycles. The third kappa shape index (κ3) is 4.82. The van der Waals surface area contributed by atoms with E-state index in [1.165, 1.54) is 0 Å². The van der Waals surface area contributed by atoms with Crippen LogP contribution in [0.25, 0.3) is 0 Å². The molecule has 5 heteroatoms. The summed E-state index contributed by atoms with van der Waals surface area (Å²) in [6.07, 6.45) is -1.07. The maximum Gasteiger partial charge on any atom is 0.159 e. The van der Waals surface area contributed by atoms with Gasteiger partial charge in [0.05, 0.1) is 11.0 Å². The third-order valence-corrected chi connectivity index (χ3v) is 6.19. The molecule has 0 aliphatic heterocycles. The average molecular weight is 348 g/mol. The highest BCUT2D eigenvalue weighted by Gasteiger charge is 2.26. The fourth-order valence-corrected chi connectivity index (χ4v) is 4.03. The topological polar surface area (TPSA) is 63.6 Å². The first-order valence-electron chi connectivity index (χ1n) is 7.94. The Morgan fingerprint density at radius 1 is 1.08 bits per heavy atom. The SMILES string of the molecule is Cc1ccc(OCC(O)CS(=O)(=O)C(C)c2ccccc2)c(C)c1. The summed E-state index contributed by atoms with van der Waals surface area (Å²) in [7, 11) is -3.46. The van der Waals surface area contributed by atoms with Gasteiger partial charge >= 0.3 is 0 Å². The molecule has 0 bridgehead atoms. The van der Waals surface area contributed by atoms with Crippen molar-refractivity contribution in [2.45, 2.75) is 32.1 Å². The van der Waals surface area contributed by atoms with Crippen molar-refractivity contribution in [3.8, 4) is 5.75 Å². The molecule has 0 saturated carbocycles. The van der Waals surface area contributed by atoms with Crippen LogP contribution in [0.4, 0.5) is 0 Å². The number of rotatable bonds is 7. The predicted molar refractivity (Wildman–Crippen MR) is 96.1 cm³/mol. The quantitative estimate of drug-likeness (QED) is 0.834. The molecular formula is C19H24O4S. The van der Waals surface area contributed by atoms with Crippen molar-refractivity contribution in [2.75, 3.05) is 12.4 Å². The Morgan fingerprint density at radius 3 is 2.38 bits per heavy atom. The maximum atomic E-state index is 12.4. The number of ether oxygens (including phenoxy) is 1. The Labute approximate surface area is 144 Å². The van der Waals surface area contributed by atoms with Gasteiger partial charge in [0.2, 0.25) is 0 Å². The lowest BCUT2D eigenvalue weighted by Crippen LogP contribution is -2.29. The lowest BCUT2D eigenvalue weighted by atomic mass is 10.1. The molecule has 0 amide bonds. The van der Waals surface area contributed by atoms with Gasteiger partial charge in [-0.25, -0.2) is 8.42 Å². The van der Waals surface area contributed by atoms with Crippen molar-refractivity contribution in [1.29, 1.82) is 0 Å². The highest BCUT2D eigenvalue weighted by molar-refractivity contribution is 7.91. The zero-order valence-electron chi connectivity index (χ0n) is 14.3. The van der Waals surface area contributed by atoms with E-state index in [2.05, 4.69) is 0 Å². The van der Waals surface area contributed by atoms with Gasteiger partial charge in [0, 0.05) is 0 Å². The van der Waals surface area contributed by atoms with Crippen LogP contribution >= 0.6 is 0 Å². The van der Waals surface area contributed by atoms with Gasteiger partial charge in [-0.2, -0.15) is 0 Å². The number of aryl methyl sites for hydroxylation is 2. The summed E-state index contributed by atoms with van der Waals surface area (Å²) in [6, 6.07) is 14.7. The van der Waals surface area contributed by atoms with Gasteiger partial charge in [-0.05, 0) is 38.0 Å². The van der Waals surface area contributed by atoms with Crippen molar-refractivity contribution in [3.05, 3.63) is 65.2 Å². The minimum absolute atomic E-state index is 0.0510. The summed E-state index contributed by atoms with van der Waals surface area (Å²) in [5.41, 5.74) is 2.81. The molecule has 2 aromatic carbocycles. The van der Waals surface area contributed by atoms with Gasteiger partial charge in [0.1, 0.15) is 18.5 Å². The number of sulfone groups is 1. The van der Waals surface area contributed by atoms with Crippen LogP contribution in [0.5, 0.6) is 5.75 Å². The molecule has 0 aliphatic carbocycles. The maximum absolute atomic E-state index is 12.4. The second-order valence-electron chi connectivity index (χ2n) is 6.12. The van der Waals surface area contributed by atoms with E-state index in [1.807, 2.05) is 38.1 Å². The van der Waals surface area contributed by atoms with Crippen molar-refractivity contribution in [2.24, 2.45) is 0 Å². The lowest BCUT2D eigenvalue weighted by molar-refractivity contribution is 0.124. The third-order valence-electron chi connectivity index (χ3n) is 3.99. The monoisotopic (exact) mass is 348 g/mol. The second-order valence-corrected chi connectivity index (χ2v) is 8.48. The first-order valence-corrected chi connectivity index (χ1v) is 9.66. The molecule has 4 nitrogen and oxygen atoms in total. The zero-order chi connectivity index (χ0) is 17.7. The molecule has 0 fully saturated rings. The Morgan fingerprint density at radius 2 is 1.75 bits per heavy atom. The van der Waals surface area contributed by atoms with E-state index >= 15 is 0 Å².